The normalized spacial score (nSPS) is 17.6. The third-order valence-electron chi connectivity index (χ3n) is 5.33. The van der Waals surface area contributed by atoms with Gasteiger partial charge in [0.05, 0.1) is 5.69 Å². The number of allylic oxidation sites excluding steroid dienone is 9. The fourth-order valence-electron chi connectivity index (χ4n) is 3.60. The number of phenols is 1. The maximum absolute atomic E-state index is 12.0. The molecule has 0 saturated carbocycles. The second kappa shape index (κ2) is 10.7. The summed E-state index contributed by atoms with van der Waals surface area (Å²) >= 11 is 0. The minimum absolute atomic E-state index is 0.181. The van der Waals surface area contributed by atoms with E-state index in [9.17, 15) is 9.90 Å². The van der Waals surface area contributed by atoms with Crippen molar-refractivity contribution in [2.45, 2.75) is 53.9 Å². The Labute approximate surface area is 180 Å². The van der Waals surface area contributed by atoms with E-state index in [4.69, 9.17) is 0 Å². The highest BCUT2D eigenvalue weighted by Crippen LogP contribution is 2.40. The number of rotatable bonds is 7. The molecule has 1 aliphatic rings. The molecule has 0 radical (unpaired) electrons. The largest absolute Gasteiger partial charge is 0.508 e. The molecular formula is C26H34N2O2. The van der Waals surface area contributed by atoms with Crippen LogP contribution in [-0.2, 0) is 4.79 Å². The van der Waals surface area contributed by atoms with Crippen LogP contribution in [0.15, 0.2) is 83.0 Å². The number of amides is 1. The highest BCUT2D eigenvalue weighted by atomic mass is 16.3. The molecule has 4 heteroatoms. The van der Waals surface area contributed by atoms with Crippen LogP contribution >= 0.6 is 0 Å². The van der Waals surface area contributed by atoms with E-state index >= 15 is 0 Å². The quantitative estimate of drug-likeness (QED) is 0.213. The lowest BCUT2D eigenvalue weighted by Crippen LogP contribution is -2.27. The number of anilines is 1. The molecule has 4 nitrogen and oxygen atoms in total. The van der Waals surface area contributed by atoms with Crippen LogP contribution in [0, 0.1) is 5.41 Å². The van der Waals surface area contributed by atoms with Crippen molar-refractivity contribution < 1.29 is 9.90 Å². The fourth-order valence-corrected chi connectivity index (χ4v) is 3.60. The summed E-state index contributed by atoms with van der Waals surface area (Å²) in [7, 11) is 0. The second-order valence-corrected chi connectivity index (χ2v) is 8.58. The van der Waals surface area contributed by atoms with E-state index in [0.29, 0.717) is 5.69 Å². The lowest BCUT2D eigenvalue weighted by molar-refractivity contribution is -0.116. The average Bonchev–Trinajstić information content (AvgIpc) is 2.66. The molecule has 0 unspecified atom stereocenters. The fraction of sp³-hybridized carbons (Fsp3) is 0.346. The van der Waals surface area contributed by atoms with Crippen molar-refractivity contribution in [3.05, 3.63) is 83.0 Å². The molecule has 30 heavy (non-hydrogen) atoms. The molecule has 1 amide bonds. The lowest BCUT2D eigenvalue weighted by Gasteiger charge is -2.32. The van der Waals surface area contributed by atoms with Gasteiger partial charge in [-0.2, -0.15) is 0 Å². The highest BCUT2D eigenvalue weighted by molar-refractivity contribution is 5.89. The molecule has 1 aromatic rings. The molecule has 0 spiro atoms. The van der Waals surface area contributed by atoms with Crippen LogP contribution in [-0.4, -0.2) is 11.0 Å². The molecule has 3 N–H and O–H groups in total. The topological polar surface area (TPSA) is 61.4 Å². The third-order valence-corrected chi connectivity index (χ3v) is 5.33. The van der Waals surface area contributed by atoms with Crippen molar-refractivity contribution in [1.82, 2.24) is 5.43 Å². The molecule has 1 aliphatic carbocycles. The monoisotopic (exact) mass is 406 g/mol. The van der Waals surface area contributed by atoms with E-state index in [-0.39, 0.29) is 17.1 Å². The molecule has 0 saturated heterocycles. The zero-order chi connectivity index (χ0) is 22.1. The van der Waals surface area contributed by atoms with E-state index in [1.165, 1.54) is 42.1 Å². The van der Waals surface area contributed by atoms with Crippen molar-refractivity contribution in [2.75, 3.05) is 5.43 Å². The van der Waals surface area contributed by atoms with E-state index in [1.807, 2.05) is 25.2 Å². The van der Waals surface area contributed by atoms with Gasteiger partial charge < -0.3 is 5.11 Å². The molecule has 0 aromatic heterocycles. The van der Waals surface area contributed by atoms with Crippen molar-refractivity contribution in [2.24, 2.45) is 5.41 Å². The van der Waals surface area contributed by atoms with Crippen LogP contribution in [0.25, 0.3) is 0 Å². The number of hydrogen-bond donors (Lipinski definition) is 3. The summed E-state index contributed by atoms with van der Waals surface area (Å²) in [4.78, 5) is 12.0. The summed E-state index contributed by atoms with van der Waals surface area (Å²) in [6.07, 6.45) is 15.6. The molecule has 0 atom stereocenters. The Kier molecular flexibility index (Phi) is 8.28. The smallest absolute Gasteiger partial charge is 0.262 e. The van der Waals surface area contributed by atoms with E-state index in [1.54, 1.807) is 24.3 Å². The Morgan fingerprint density at radius 3 is 2.47 bits per heavy atom. The van der Waals surface area contributed by atoms with Crippen LogP contribution in [0.1, 0.15) is 53.9 Å². The van der Waals surface area contributed by atoms with Crippen molar-refractivity contribution in [3.63, 3.8) is 0 Å². The van der Waals surface area contributed by atoms with Gasteiger partial charge in [-0.25, -0.2) is 0 Å². The number of aromatic hydroxyl groups is 1. The Morgan fingerprint density at radius 1 is 1.10 bits per heavy atom. The van der Waals surface area contributed by atoms with Gasteiger partial charge in [0, 0.05) is 6.08 Å². The van der Waals surface area contributed by atoms with E-state index < -0.39 is 0 Å². The molecule has 0 fully saturated rings. The van der Waals surface area contributed by atoms with Gasteiger partial charge in [0.15, 0.2) is 0 Å². The lowest BCUT2D eigenvalue weighted by atomic mass is 9.72. The Morgan fingerprint density at radius 2 is 1.80 bits per heavy atom. The number of carbonyl (C=O) groups is 1. The molecule has 0 aliphatic heterocycles. The van der Waals surface area contributed by atoms with Gasteiger partial charge in [-0.15, -0.1) is 0 Å². The predicted octanol–water partition coefficient (Wildman–Crippen LogP) is 6.37. The van der Waals surface area contributed by atoms with Gasteiger partial charge in [0.2, 0.25) is 0 Å². The first-order chi connectivity index (χ1) is 14.2. The average molecular weight is 407 g/mol. The number of carbonyl (C=O) groups excluding carboxylic acids is 1. The van der Waals surface area contributed by atoms with Crippen molar-refractivity contribution in [1.29, 1.82) is 0 Å². The third kappa shape index (κ3) is 7.43. The van der Waals surface area contributed by atoms with Gasteiger partial charge in [-0.05, 0) is 80.9 Å². The molecule has 0 bridgehead atoms. The Hall–Kier alpha value is -3.01. The summed E-state index contributed by atoms with van der Waals surface area (Å²) in [6, 6.07) is 6.46. The second-order valence-electron chi connectivity index (χ2n) is 8.58. The molecule has 160 valence electrons. The number of hydrogen-bond acceptors (Lipinski definition) is 3. The van der Waals surface area contributed by atoms with Gasteiger partial charge in [0.25, 0.3) is 5.91 Å². The van der Waals surface area contributed by atoms with E-state index in [2.05, 4.69) is 50.7 Å². The summed E-state index contributed by atoms with van der Waals surface area (Å²) in [5.41, 5.74) is 11.3. The van der Waals surface area contributed by atoms with Crippen molar-refractivity contribution >= 4 is 11.6 Å². The zero-order valence-electron chi connectivity index (χ0n) is 18.8. The Bertz CT molecular complexity index is 897. The maximum Gasteiger partial charge on any atom is 0.262 e. The molecule has 2 rings (SSSR count). The Balaban J connectivity index is 1.89. The first-order valence-corrected chi connectivity index (χ1v) is 10.4. The summed E-state index contributed by atoms with van der Waals surface area (Å²) in [5.74, 6) is -0.0620. The summed E-state index contributed by atoms with van der Waals surface area (Å²) in [6.45, 7) is 10.9. The van der Waals surface area contributed by atoms with Gasteiger partial charge >= 0.3 is 0 Å². The standard InChI is InChI=1S/C26H34N2O2/c1-19(11-16-24-21(3)10-7-17-26(24,4)5)8-6-9-20(2)18-25(30)28-27-22-12-14-23(29)15-13-22/h6,8-9,11-16,18,27,29H,7,10,17H2,1-5H3,(H,28,30)/b9-6+,16-11+,19-8+,20-18+. The van der Waals surface area contributed by atoms with Gasteiger partial charge in [-0.3, -0.25) is 15.6 Å². The van der Waals surface area contributed by atoms with Crippen LogP contribution in [0.2, 0.25) is 0 Å². The minimum Gasteiger partial charge on any atom is -0.508 e. The molecule has 0 heterocycles. The summed E-state index contributed by atoms with van der Waals surface area (Å²) in [5, 5.41) is 9.27. The maximum atomic E-state index is 12.0. The predicted molar refractivity (Wildman–Crippen MR) is 126 cm³/mol. The zero-order valence-corrected chi connectivity index (χ0v) is 18.8. The van der Waals surface area contributed by atoms with Crippen LogP contribution in [0.5, 0.6) is 5.75 Å². The first kappa shape index (κ1) is 23.3. The first-order valence-electron chi connectivity index (χ1n) is 10.4. The minimum atomic E-state index is -0.243. The van der Waals surface area contributed by atoms with E-state index in [0.717, 1.165) is 5.57 Å². The SMILES string of the molecule is CC1=C(/C=C/C(C)=C/C=C/C(C)=C/C(=O)NNc2ccc(O)cc2)C(C)(C)CCC1. The number of phenolic OH excluding ortho intramolecular Hbond substituents is 1. The number of benzene rings is 1. The van der Waals surface area contributed by atoms with Gasteiger partial charge in [-0.1, -0.05) is 55.4 Å². The van der Waals surface area contributed by atoms with Crippen LogP contribution in [0.4, 0.5) is 5.69 Å². The van der Waals surface area contributed by atoms with Crippen LogP contribution in [0.3, 0.4) is 0 Å². The summed E-state index contributed by atoms with van der Waals surface area (Å²) < 4.78 is 0. The van der Waals surface area contributed by atoms with Crippen LogP contribution < -0.4 is 10.9 Å². The number of hydrazine groups is 1. The molecule has 1 aromatic carbocycles. The molecular weight excluding hydrogens is 372 g/mol. The van der Waals surface area contributed by atoms with Crippen molar-refractivity contribution in [3.8, 4) is 5.75 Å². The highest BCUT2D eigenvalue weighted by Gasteiger charge is 2.26. The number of nitrogens with one attached hydrogen (secondary N) is 2. The van der Waals surface area contributed by atoms with Gasteiger partial charge in [0.1, 0.15) is 5.75 Å².